The number of hydrogen-bond acceptors (Lipinski definition) is 3. The van der Waals surface area contributed by atoms with E-state index >= 15 is 0 Å². The molecule has 0 fully saturated rings. The second-order valence-corrected chi connectivity index (χ2v) is 5.87. The van der Waals surface area contributed by atoms with Crippen molar-refractivity contribution in [2.24, 2.45) is 0 Å². The molecule has 0 spiro atoms. The topological polar surface area (TPSA) is 18.5 Å². The Morgan fingerprint density at radius 3 is 2.74 bits per heavy atom. The molecule has 0 aliphatic carbocycles. The molecule has 2 aliphatic heterocycles. The van der Waals surface area contributed by atoms with Gasteiger partial charge in [-0.15, -0.1) is 0 Å². The second kappa shape index (κ2) is 4.49. The molecule has 0 N–H and O–H groups in total. The van der Waals surface area contributed by atoms with Gasteiger partial charge in [-0.3, -0.25) is 0 Å². The van der Waals surface area contributed by atoms with Gasteiger partial charge < -0.3 is 9.47 Å². The van der Waals surface area contributed by atoms with E-state index in [1.165, 1.54) is 16.7 Å². The van der Waals surface area contributed by atoms with Crippen molar-refractivity contribution in [3.05, 3.63) is 59.2 Å². The van der Waals surface area contributed by atoms with Gasteiger partial charge in [-0.1, -0.05) is 30.3 Å². The third kappa shape index (κ3) is 1.98. The Kier molecular flexibility index (Phi) is 2.66. The van der Waals surface area contributed by atoms with Crippen molar-refractivity contribution >= 4 is 11.8 Å². The highest BCUT2D eigenvalue weighted by Gasteiger charge is 2.23. The van der Waals surface area contributed by atoms with Gasteiger partial charge in [-0.25, -0.2) is 0 Å². The first kappa shape index (κ1) is 11.2. The van der Waals surface area contributed by atoms with E-state index in [2.05, 4.69) is 18.2 Å². The average molecular weight is 270 g/mol. The Morgan fingerprint density at radius 1 is 0.947 bits per heavy atom. The van der Waals surface area contributed by atoms with Crippen molar-refractivity contribution in [2.45, 2.75) is 17.6 Å². The zero-order chi connectivity index (χ0) is 12.7. The lowest BCUT2D eigenvalue weighted by Gasteiger charge is -2.27. The van der Waals surface area contributed by atoms with Crippen LogP contribution >= 0.6 is 11.8 Å². The molecule has 4 rings (SSSR count). The van der Waals surface area contributed by atoms with E-state index in [0.29, 0.717) is 6.61 Å². The lowest BCUT2D eigenvalue weighted by Crippen LogP contribution is -2.21. The molecule has 2 aromatic rings. The van der Waals surface area contributed by atoms with Crippen LogP contribution in [-0.2, 0) is 11.5 Å². The predicted octanol–water partition coefficient (Wildman–Crippen LogP) is 3.95. The maximum absolute atomic E-state index is 6.05. The normalized spacial score (nSPS) is 20.1. The number of rotatable bonds is 1. The lowest BCUT2D eigenvalue weighted by atomic mass is 10.0. The van der Waals surface area contributed by atoms with Crippen molar-refractivity contribution in [1.82, 2.24) is 0 Å². The van der Waals surface area contributed by atoms with Crippen molar-refractivity contribution in [1.29, 1.82) is 0 Å². The van der Waals surface area contributed by atoms with Crippen molar-refractivity contribution in [3.8, 4) is 11.5 Å². The van der Waals surface area contributed by atoms with Crippen LogP contribution in [0.3, 0.4) is 0 Å². The standard InChI is InChI=1S/C16H14O2S/c1-2-4-15-14(3-1)17-8-16(18-15)11-5-6-12-9-19-10-13(12)7-11/h1-7,16H,8-10H2. The molecule has 2 aliphatic rings. The predicted molar refractivity (Wildman–Crippen MR) is 76.7 cm³/mol. The van der Waals surface area contributed by atoms with Crippen LogP contribution in [0.25, 0.3) is 0 Å². The largest absolute Gasteiger partial charge is 0.485 e. The Balaban J connectivity index is 1.64. The Labute approximate surface area is 116 Å². The third-order valence-corrected chi connectivity index (χ3v) is 4.66. The summed E-state index contributed by atoms with van der Waals surface area (Å²) >= 11 is 1.97. The molecule has 2 aromatic carbocycles. The quantitative estimate of drug-likeness (QED) is 0.782. The Morgan fingerprint density at radius 2 is 1.79 bits per heavy atom. The number of fused-ring (bicyclic) bond motifs is 2. The molecular weight excluding hydrogens is 256 g/mol. The average Bonchev–Trinajstić information content (AvgIpc) is 2.94. The highest BCUT2D eigenvalue weighted by Crippen LogP contribution is 2.37. The molecule has 2 nitrogen and oxygen atoms in total. The smallest absolute Gasteiger partial charge is 0.162 e. The van der Waals surface area contributed by atoms with Crippen molar-refractivity contribution < 1.29 is 9.47 Å². The zero-order valence-corrected chi connectivity index (χ0v) is 11.3. The molecule has 1 atom stereocenters. The highest BCUT2D eigenvalue weighted by molar-refractivity contribution is 7.98. The fourth-order valence-corrected chi connectivity index (χ4v) is 3.67. The minimum absolute atomic E-state index is 0.00537. The molecule has 2 heterocycles. The molecule has 0 radical (unpaired) electrons. The maximum atomic E-state index is 6.05. The van der Waals surface area contributed by atoms with Gasteiger partial charge in [0.05, 0.1) is 0 Å². The lowest BCUT2D eigenvalue weighted by molar-refractivity contribution is 0.0912. The van der Waals surface area contributed by atoms with E-state index < -0.39 is 0 Å². The van der Waals surface area contributed by atoms with Gasteiger partial charge in [0.15, 0.2) is 17.6 Å². The van der Waals surface area contributed by atoms with Gasteiger partial charge in [-0.2, -0.15) is 11.8 Å². The summed E-state index contributed by atoms with van der Waals surface area (Å²) in [6.45, 7) is 0.586. The second-order valence-electron chi connectivity index (χ2n) is 4.89. The zero-order valence-electron chi connectivity index (χ0n) is 10.5. The third-order valence-electron chi connectivity index (χ3n) is 3.63. The molecule has 19 heavy (non-hydrogen) atoms. The van der Waals surface area contributed by atoms with E-state index in [9.17, 15) is 0 Å². The Hall–Kier alpha value is -1.61. The number of thioether (sulfide) groups is 1. The molecule has 0 amide bonds. The fourth-order valence-electron chi connectivity index (χ4n) is 2.58. The minimum Gasteiger partial charge on any atom is -0.485 e. The number of benzene rings is 2. The summed E-state index contributed by atoms with van der Waals surface area (Å²) in [4.78, 5) is 0. The summed E-state index contributed by atoms with van der Waals surface area (Å²) in [5.74, 6) is 3.94. The highest BCUT2D eigenvalue weighted by atomic mass is 32.2. The van der Waals surface area contributed by atoms with E-state index in [4.69, 9.17) is 9.47 Å². The first-order chi connectivity index (χ1) is 9.40. The summed E-state index contributed by atoms with van der Waals surface area (Å²) in [5.41, 5.74) is 4.13. The van der Waals surface area contributed by atoms with Crippen molar-refractivity contribution in [3.63, 3.8) is 0 Å². The van der Waals surface area contributed by atoms with E-state index in [1.807, 2.05) is 36.0 Å². The molecule has 0 saturated heterocycles. The Bertz CT molecular complexity index is 624. The molecule has 0 aromatic heterocycles. The molecule has 0 bridgehead atoms. The molecule has 96 valence electrons. The molecule has 1 unspecified atom stereocenters. The maximum Gasteiger partial charge on any atom is 0.162 e. The van der Waals surface area contributed by atoms with Gasteiger partial charge in [0.1, 0.15) is 6.61 Å². The van der Waals surface area contributed by atoms with Gasteiger partial charge in [0, 0.05) is 11.5 Å². The summed E-state index contributed by atoms with van der Waals surface area (Å²) in [6, 6.07) is 14.5. The van der Waals surface area contributed by atoms with Crippen molar-refractivity contribution in [2.75, 3.05) is 6.61 Å². The van der Waals surface area contributed by atoms with E-state index in [-0.39, 0.29) is 6.10 Å². The van der Waals surface area contributed by atoms with Crippen LogP contribution in [0, 0.1) is 0 Å². The van der Waals surface area contributed by atoms with E-state index in [0.717, 1.165) is 23.0 Å². The van der Waals surface area contributed by atoms with Crippen LogP contribution in [0.5, 0.6) is 11.5 Å². The summed E-state index contributed by atoms with van der Waals surface area (Å²) in [5, 5.41) is 0. The van der Waals surface area contributed by atoms with Crippen LogP contribution in [0.4, 0.5) is 0 Å². The molecule has 0 saturated carbocycles. The van der Waals surface area contributed by atoms with Crippen LogP contribution in [-0.4, -0.2) is 6.61 Å². The number of ether oxygens (including phenoxy) is 2. The first-order valence-corrected chi connectivity index (χ1v) is 7.63. The molecule has 3 heteroatoms. The van der Waals surface area contributed by atoms with Gasteiger partial charge >= 0.3 is 0 Å². The minimum atomic E-state index is 0.00537. The van der Waals surface area contributed by atoms with E-state index in [1.54, 1.807) is 0 Å². The van der Waals surface area contributed by atoms with Crippen LogP contribution in [0.15, 0.2) is 42.5 Å². The van der Waals surface area contributed by atoms with Crippen LogP contribution in [0.1, 0.15) is 22.8 Å². The summed E-state index contributed by atoms with van der Waals surface area (Å²) < 4.78 is 11.8. The number of hydrogen-bond donors (Lipinski definition) is 0. The SMILES string of the molecule is c1ccc2c(c1)OCC(c1ccc3c(c1)CSC3)O2. The fraction of sp³-hybridized carbons (Fsp3) is 0.250. The van der Waals surface area contributed by atoms with Gasteiger partial charge in [-0.05, 0) is 28.8 Å². The summed E-state index contributed by atoms with van der Waals surface area (Å²) in [7, 11) is 0. The monoisotopic (exact) mass is 270 g/mol. The number of para-hydroxylation sites is 2. The first-order valence-electron chi connectivity index (χ1n) is 6.48. The summed E-state index contributed by atoms with van der Waals surface area (Å²) in [6.07, 6.45) is 0.00537. The van der Waals surface area contributed by atoms with Gasteiger partial charge in [0.2, 0.25) is 0 Å². The van der Waals surface area contributed by atoms with Crippen LogP contribution in [0.2, 0.25) is 0 Å². The van der Waals surface area contributed by atoms with Gasteiger partial charge in [0.25, 0.3) is 0 Å². The van der Waals surface area contributed by atoms with Crippen LogP contribution < -0.4 is 9.47 Å². The molecular formula is C16H14O2S.